The fourth-order valence-electron chi connectivity index (χ4n) is 3.95. The van der Waals surface area contributed by atoms with Crippen molar-refractivity contribution in [3.63, 3.8) is 0 Å². The van der Waals surface area contributed by atoms with Gasteiger partial charge in [-0.25, -0.2) is 14.6 Å². The molecule has 0 aliphatic heterocycles. The van der Waals surface area contributed by atoms with Gasteiger partial charge in [-0.05, 0) is 42.7 Å². The highest BCUT2D eigenvalue weighted by molar-refractivity contribution is 5.90. The molecule has 0 bridgehead atoms. The second kappa shape index (κ2) is 7.43. The van der Waals surface area contributed by atoms with E-state index in [9.17, 15) is 0 Å². The lowest BCUT2D eigenvalue weighted by Gasteiger charge is -2.10. The van der Waals surface area contributed by atoms with E-state index in [1.54, 1.807) is 6.33 Å². The summed E-state index contributed by atoms with van der Waals surface area (Å²) in [7, 11) is 0. The zero-order valence-electron chi connectivity index (χ0n) is 15.7. The second-order valence-corrected chi connectivity index (χ2v) is 7.29. The molecule has 5 nitrogen and oxygen atoms in total. The van der Waals surface area contributed by atoms with E-state index in [-0.39, 0.29) is 0 Å². The molecule has 0 N–H and O–H groups in total. The Morgan fingerprint density at radius 1 is 0.964 bits per heavy atom. The minimum Gasteiger partial charge on any atom is -0.489 e. The van der Waals surface area contributed by atoms with Gasteiger partial charge in [0.05, 0.1) is 11.4 Å². The van der Waals surface area contributed by atoms with Crippen LogP contribution in [0.4, 0.5) is 0 Å². The molecule has 0 saturated heterocycles. The van der Waals surface area contributed by atoms with Crippen LogP contribution < -0.4 is 4.74 Å². The number of rotatable bonds is 5. The SMILES string of the molecule is c1ccc(COc2ccc(-c3nn(C4CCCC4)c4ncncc34)cc2)cc1. The molecule has 5 heteroatoms. The van der Waals surface area contributed by atoms with Crippen LogP contribution in [0.25, 0.3) is 22.3 Å². The molecule has 1 aliphatic rings. The fourth-order valence-corrected chi connectivity index (χ4v) is 3.95. The predicted octanol–water partition coefficient (Wildman–Crippen LogP) is 5.19. The van der Waals surface area contributed by atoms with Crippen LogP contribution in [0.1, 0.15) is 37.3 Å². The van der Waals surface area contributed by atoms with Gasteiger partial charge in [-0.3, -0.25) is 0 Å². The Morgan fingerprint density at radius 3 is 2.54 bits per heavy atom. The first-order chi connectivity index (χ1) is 13.9. The summed E-state index contributed by atoms with van der Waals surface area (Å²) in [5.41, 5.74) is 4.09. The van der Waals surface area contributed by atoms with Gasteiger partial charge in [-0.2, -0.15) is 5.10 Å². The van der Waals surface area contributed by atoms with Crippen molar-refractivity contribution in [2.75, 3.05) is 0 Å². The van der Waals surface area contributed by atoms with Crippen LogP contribution in [-0.2, 0) is 6.61 Å². The van der Waals surface area contributed by atoms with Gasteiger partial charge in [0.2, 0.25) is 0 Å². The third-order valence-electron chi connectivity index (χ3n) is 5.42. The Labute approximate surface area is 164 Å². The van der Waals surface area contributed by atoms with E-state index in [2.05, 4.69) is 38.9 Å². The van der Waals surface area contributed by atoms with Crippen molar-refractivity contribution >= 4 is 11.0 Å². The van der Waals surface area contributed by atoms with Gasteiger partial charge in [-0.15, -0.1) is 0 Å². The van der Waals surface area contributed by atoms with Crippen LogP contribution in [-0.4, -0.2) is 19.7 Å². The third-order valence-corrected chi connectivity index (χ3v) is 5.42. The molecule has 0 amide bonds. The molecule has 5 rings (SSSR count). The van der Waals surface area contributed by atoms with Crippen molar-refractivity contribution < 1.29 is 4.74 Å². The van der Waals surface area contributed by atoms with E-state index in [4.69, 9.17) is 9.84 Å². The number of aromatic nitrogens is 4. The molecule has 2 heterocycles. The van der Waals surface area contributed by atoms with Gasteiger partial charge in [0.1, 0.15) is 24.4 Å². The maximum Gasteiger partial charge on any atom is 0.162 e. The van der Waals surface area contributed by atoms with Gasteiger partial charge in [0, 0.05) is 11.8 Å². The van der Waals surface area contributed by atoms with Crippen LogP contribution in [0, 0.1) is 0 Å². The van der Waals surface area contributed by atoms with E-state index < -0.39 is 0 Å². The van der Waals surface area contributed by atoms with Crippen molar-refractivity contribution in [3.05, 3.63) is 72.7 Å². The first-order valence-corrected chi connectivity index (χ1v) is 9.84. The molecule has 0 atom stereocenters. The van der Waals surface area contributed by atoms with Gasteiger partial charge >= 0.3 is 0 Å². The van der Waals surface area contributed by atoms with Gasteiger partial charge in [0.25, 0.3) is 0 Å². The van der Waals surface area contributed by atoms with Crippen molar-refractivity contribution in [2.24, 2.45) is 0 Å². The molecule has 0 unspecified atom stereocenters. The molecule has 2 aromatic carbocycles. The van der Waals surface area contributed by atoms with E-state index in [1.807, 2.05) is 36.5 Å². The lowest BCUT2D eigenvalue weighted by molar-refractivity contribution is 0.306. The molecule has 0 radical (unpaired) electrons. The maximum absolute atomic E-state index is 5.91. The van der Waals surface area contributed by atoms with E-state index in [1.165, 1.54) is 25.7 Å². The summed E-state index contributed by atoms with van der Waals surface area (Å²) in [6.45, 7) is 0.563. The average molecular weight is 370 g/mol. The van der Waals surface area contributed by atoms with Gasteiger partial charge in [-0.1, -0.05) is 43.2 Å². The van der Waals surface area contributed by atoms with Crippen molar-refractivity contribution in [2.45, 2.75) is 38.3 Å². The maximum atomic E-state index is 5.91. The monoisotopic (exact) mass is 370 g/mol. The number of benzene rings is 2. The normalized spacial score (nSPS) is 14.6. The summed E-state index contributed by atoms with van der Waals surface area (Å²) < 4.78 is 8.02. The van der Waals surface area contributed by atoms with Crippen molar-refractivity contribution in [1.29, 1.82) is 0 Å². The number of ether oxygens (including phenoxy) is 1. The fraction of sp³-hybridized carbons (Fsp3) is 0.261. The van der Waals surface area contributed by atoms with Crippen LogP contribution in [0.5, 0.6) is 5.75 Å². The molecular formula is C23H22N4O. The molecule has 1 aliphatic carbocycles. The first-order valence-electron chi connectivity index (χ1n) is 9.84. The van der Waals surface area contributed by atoms with E-state index >= 15 is 0 Å². The third kappa shape index (κ3) is 3.24. The minimum absolute atomic E-state index is 0.444. The molecular weight excluding hydrogens is 348 g/mol. The Bertz CT molecular complexity index is 1070. The zero-order chi connectivity index (χ0) is 18.8. The lowest BCUT2D eigenvalue weighted by atomic mass is 10.1. The van der Waals surface area contributed by atoms with Gasteiger partial charge < -0.3 is 4.74 Å². The Hall–Kier alpha value is -3.21. The number of fused-ring (bicyclic) bond motifs is 1. The second-order valence-electron chi connectivity index (χ2n) is 7.29. The van der Waals surface area contributed by atoms with Crippen LogP contribution in [0.2, 0.25) is 0 Å². The Kier molecular flexibility index (Phi) is 4.49. The molecule has 2 aromatic heterocycles. The summed E-state index contributed by atoms with van der Waals surface area (Å²) in [6, 6.07) is 18.8. The minimum atomic E-state index is 0.444. The predicted molar refractivity (Wildman–Crippen MR) is 109 cm³/mol. The summed E-state index contributed by atoms with van der Waals surface area (Å²) in [5, 5.41) is 5.94. The average Bonchev–Trinajstić information content (AvgIpc) is 3.41. The molecule has 28 heavy (non-hydrogen) atoms. The van der Waals surface area contributed by atoms with Crippen molar-refractivity contribution in [1.82, 2.24) is 19.7 Å². The molecule has 0 spiro atoms. The highest BCUT2D eigenvalue weighted by Gasteiger charge is 2.23. The highest BCUT2D eigenvalue weighted by atomic mass is 16.5. The van der Waals surface area contributed by atoms with Crippen LogP contribution in [0.3, 0.4) is 0 Å². The van der Waals surface area contributed by atoms with Crippen molar-refractivity contribution in [3.8, 4) is 17.0 Å². The largest absolute Gasteiger partial charge is 0.489 e. The zero-order valence-corrected chi connectivity index (χ0v) is 15.7. The van der Waals surface area contributed by atoms with E-state index in [0.29, 0.717) is 12.6 Å². The quantitative estimate of drug-likeness (QED) is 0.485. The summed E-state index contributed by atoms with van der Waals surface area (Å²) in [6.07, 6.45) is 8.36. The molecule has 1 saturated carbocycles. The molecule has 140 valence electrons. The number of hydrogen-bond acceptors (Lipinski definition) is 4. The first kappa shape index (κ1) is 16.9. The Morgan fingerprint density at radius 2 is 1.75 bits per heavy atom. The summed E-state index contributed by atoms with van der Waals surface area (Å²) in [5.74, 6) is 0.850. The van der Waals surface area contributed by atoms with Gasteiger partial charge in [0.15, 0.2) is 5.65 Å². The number of nitrogens with zero attached hydrogens (tertiary/aromatic N) is 4. The van der Waals surface area contributed by atoms with E-state index in [0.717, 1.165) is 33.6 Å². The summed E-state index contributed by atoms with van der Waals surface area (Å²) >= 11 is 0. The number of hydrogen-bond donors (Lipinski definition) is 0. The smallest absolute Gasteiger partial charge is 0.162 e. The summed E-state index contributed by atoms with van der Waals surface area (Å²) in [4.78, 5) is 8.75. The van der Waals surface area contributed by atoms with Crippen LogP contribution >= 0.6 is 0 Å². The standard InChI is InChI=1S/C23H22N4O/c1-2-6-17(7-3-1)15-28-20-12-10-18(11-13-20)22-21-14-24-16-25-23(21)27(26-22)19-8-4-5-9-19/h1-3,6-7,10-14,16,19H,4-5,8-9,15H2. The molecule has 1 fully saturated rings. The Balaban J connectivity index is 1.42. The highest BCUT2D eigenvalue weighted by Crippen LogP contribution is 2.35. The topological polar surface area (TPSA) is 52.8 Å². The van der Waals surface area contributed by atoms with Crippen LogP contribution in [0.15, 0.2) is 67.1 Å². The molecule has 4 aromatic rings. The lowest BCUT2D eigenvalue weighted by Crippen LogP contribution is -2.07.